The maximum absolute atomic E-state index is 12.0. The van der Waals surface area contributed by atoms with E-state index in [9.17, 15) is 9.90 Å². The van der Waals surface area contributed by atoms with Gasteiger partial charge in [-0.25, -0.2) is 15.0 Å². The molecule has 3 rings (SSSR count). The van der Waals surface area contributed by atoms with E-state index in [0.717, 1.165) is 24.2 Å². The van der Waals surface area contributed by atoms with Gasteiger partial charge >= 0.3 is 0 Å². The molecule has 1 unspecified atom stereocenters. The topological polar surface area (TPSA) is 105 Å². The Balaban J connectivity index is 1.51. The van der Waals surface area contributed by atoms with Crippen molar-refractivity contribution in [2.75, 3.05) is 18.4 Å². The maximum Gasteiger partial charge on any atom is 0.220 e. The van der Waals surface area contributed by atoms with Crippen molar-refractivity contribution in [1.29, 1.82) is 0 Å². The third-order valence-electron chi connectivity index (χ3n) is 5.44. The normalized spacial score (nSPS) is 12.1. The molecule has 8 heteroatoms. The minimum absolute atomic E-state index is 0.0948. The first kappa shape index (κ1) is 23.7. The molecule has 0 aliphatic heterocycles. The van der Waals surface area contributed by atoms with E-state index in [0.29, 0.717) is 36.4 Å². The molecule has 0 saturated carbocycles. The molecule has 2 heterocycles. The number of nitrogens with zero attached hydrogens (tertiary/aromatic N) is 4. The summed E-state index contributed by atoms with van der Waals surface area (Å²) in [5.41, 5.74) is 3.07. The number of nitrogens with one attached hydrogen (secondary N) is 2. The summed E-state index contributed by atoms with van der Waals surface area (Å²) in [5.74, 6) is 0.745. The fraction of sp³-hybridized carbons (Fsp3) is 0.500. The van der Waals surface area contributed by atoms with E-state index in [1.807, 2.05) is 28.8 Å². The van der Waals surface area contributed by atoms with Gasteiger partial charge in [-0.2, -0.15) is 0 Å². The van der Waals surface area contributed by atoms with Crippen molar-refractivity contribution < 1.29 is 9.90 Å². The fourth-order valence-corrected chi connectivity index (χ4v) is 3.59. The minimum Gasteiger partial charge on any atom is -0.389 e. The number of fused-ring (bicyclic) bond motifs is 1. The summed E-state index contributed by atoms with van der Waals surface area (Å²) < 4.78 is 1.88. The monoisotopic (exact) mass is 438 g/mol. The molecule has 8 nitrogen and oxygen atoms in total. The van der Waals surface area contributed by atoms with Gasteiger partial charge in [0.05, 0.1) is 6.10 Å². The van der Waals surface area contributed by atoms with Gasteiger partial charge in [0.2, 0.25) is 5.91 Å². The minimum atomic E-state index is -0.546. The Kier molecular flexibility index (Phi) is 8.98. The molecular formula is C24H34N6O2. The van der Waals surface area contributed by atoms with Crippen LogP contribution in [0.2, 0.25) is 0 Å². The van der Waals surface area contributed by atoms with Gasteiger partial charge < -0.3 is 15.7 Å². The Morgan fingerprint density at radius 3 is 2.75 bits per heavy atom. The highest BCUT2D eigenvalue weighted by Gasteiger charge is 2.12. The van der Waals surface area contributed by atoms with Crippen LogP contribution in [0.15, 0.2) is 36.9 Å². The number of benzene rings is 1. The van der Waals surface area contributed by atoms with E-state index in [2.05, 4.69) is 32.5 Å². The number of unbranched alkanes of at least 4 members (excludes halogenated alkanes) is 4. The van der Waals surface area contributed by atoms with Crippen molar-refractivity contribution in [2.45, 2.75) is 64.9 Å². The zero-order valence-corrected chi connectivity index (χ0v) is 19.0. The smallest absolute Gasteiger partial charge is 0.220 e. The summed E-state index contributed by atoms with van der Waals surface area (Å²) in [5, 5.41) is 16.1. The van der Waals surface area contributed by atoms with Gasteiger partial charge in [-0.3, -0.25) is 9.36 Å². The lowest BCUT2D eigenvalue weighted by molar-refractivity contribution is -0.121. The van der Waals surface area contributed by atoms with Gasteiger partial charge in [0.25, 0.3) is 0 Å². The van der Waals surface area contributed by atoms with Crippen molar-refractivity contribution in [3.8, 4) is 5.69 Å². The Morgan fingerprint density at radius 1 is 1.09 bits per heavy atom. The number of carbonyl (C=O) groups is 1. The lowest BCUT2D eigenvalue weighted by Gasteiger charge is -2.09. The van der Waals surface area contributed by atoms with Crippen LogP contribution in [0.25, 0.3) is 16.9 Å². The first-order chi connectivity index (χ1) is 15.6. The third-order valence-corrected chi connectivity index (χ3v) is 5.44. The van der Waals surface area contributed by atoms with E-state index in [4.69, 9.17) is 0 Å². The number of rotatable bonds is 13. The SMILES string of the molecule is CCCCCCCNC(=O)CCCNc1ncnc2c1ncn2-c1cccc(C(C)O)c1. The molecule has 2 aromatic heterocycles. The fourth-order valence-electron chi connectivity index (χ4n) is 3.59. The van der Waals surface area contributed by atoms with Crippen LogP contribution in [0.5, 0.6) is 0 Å². The number of hydrogen-bond acceptors (Lipinski definition) is 6. The summed E-state index contributed by atoms with van der Waals surface area (Å²) in [6.07, 6.45) is 9.83. The molecule has 0 aliphatic rings. The zero-order valence-electron chi connectivity index (χ0n) is 19.0. The highest BCUT2D eigenvalue weighted by Crippen LogP contribution is 2.23. The van der Waals surface area contributed by atoms with E-state index in [1.54, 1.807) is 13.3 Å². The number of aliphatic hydroxyl groups excluding tert-OH is 1. The average Bonchev–Trinajstić information content (AvgIpc) is 3.24. The highest BCUT2D eigenvalue weighted by atomic mass is 16.3. The van der Waals surface area contributed by atoms with E-state index in [1.165, 1.54) is 32.0 Å². The molecule has 0 aliphatic carbocycles. The molecule has 0 bridgehead atoms. The maximum atomic E-state index is 12.0. The number of aromatic nitrogens is 4. The second kappa shape index (κ2) is 12.1. The standard InChI is InChI=1S/C24H34N6O2/c1-3-4-5-6-7-13-25-21(32)12-9-14-26-23-22-24(28-16-27-23)30(17-29-22)20-11-8-10-19(15-20)18(2)31/h8,10-11,15-18,31H,3-7,9,12-14H2,1-2H3,(H,25,32)(H,26,27,28). The predicted octanol–water partition coefficient (Wildman–Crippen LogP) is 4.15. The molecule has 0 spiro atoms. The molecule has 1 atom stereocenters. The Hall–Kier alpha value is -3.00. The summed E-state index contributed by atoms with van der Waals surface area (Å²) in [6, 6.07) is 7.66. The summed E-state index contributed by atoms with van der Waals surface area (Å²) in [4.78, 5) is 25.2. The van der Waals surface area contributed by atoms with Crippen LogP contribution in [-0.4, -0.2) is 43.6 Å². The van der Waals surface area contributed by atoms with Gasteiger partial charge in [0.1, 0.15) is 12.7 Å². The number of hydrogen-bond donors (Lipinski definition) is 3. The van der Waals surface area contributed by atoms with E-state index >= 15 is 0 Å². The predicted molar refractivity (Wildman–Crippen MR) is 127 cm³/mol. The van der Waals surface area contributed by atoms with Crippen LogP contribution < -0.4 is 10.6 Å². The number of imidazole rings is 1. The highest BCUT2D eigenvalue weighted by molar-refractivity contribution is 5.84. The average molecular weight is 439 g/mol. The summed E-state index contributed by atoms with van der Waals surface area (Å²) >= 11 is 0. The lowest BCUT2D eigenvalue weighted by atomic mass is 10.1. The molecule has 0 radical (unpaired) electrons. The van der Waals surface area contributed by atoms with Crippen LogP contribution in [0.4, 0.5) is 5.82 Å². The van der Waals surface area contributed by atoms with Crippen molar-refractivity contribution in [3.63, 3.8) is 0 Å². The quantitative estimate of drug-likeness (QED) is 0.346. The first-order valence-corrected chi connectivity index (χ1v) is 11.6. The van der Waals surface area contributed by atoms with Crippen LogP contribution in [0.3, 0.4) is 0 Å². The largest absolute Gasteiger partial charge is 0.389 e. The molecule has 0 saturated heterocycles. The third kappa shape index (κ3) is 6.50. The number of carbonyl (C=O) groups excluding carboxylic acids is 1. The van der Waals surface area contributed by atoms with Crippen molar-refractivity contribution in [1.82, 2.24) is 24.8 Å². The van der Waals surface area contributed by atoms with Crippen LogP contribution in [-0.2, 0) is 4.79 Å². The van der Waals surface area contributed by atoms with Crippen LogP contribution >= 0.6 is 0 Å². The van der Waals surface area contributed by atoms with Gasteiger partial charge in [0, 0.05) is 25.2 Å². The Labute approximate surface area is 189 Å². The number of amides is 1. The number of anilines is 1. The van der Waals surface area contributed by atoms with Crippen LogP contribution in [0, 0.1) is 0 Å². The second-order valence-corrected chi connectivity index (χ2v) is 8.07. The summed E-state index contributed by atoms with van der Waals surface area (Å²) in [7, 11) is 0. The Morgan fingerprint density at radius 2 is 1.94 bits per heavy atom. The Bertz CT molecular complexity index is 1000. The van der Waals surface area contributed by atoms with Gasteiger partial charge in [-0.1, -0.05) is 44.7 Å². The summed E-state index contributed by atoms with van der Waals surface area (Å²) in [6.45, 7) is 5.32. The molecule has 3 N–H and O–H groups in total. The second-order valence-electron chi connectivity index (χ2n) is 8.07. The number of aliphatic hydroxyl groups is 1. The zero-order chi connectivity index (χ0) is 22.8. The van der Waals surface area contributed by atoms with Gasteiger partial charge in [0.15, 0.2) is 17.0 Å². The van der Waals surface area contributed by atoms with Crippen molar-refractivity contribution >= 4 is 22.9 Å². The van der Waals surface area contributed by atoms with E-state index in [-0.39, 0.29) is 5.91 Å². The van der Waals surface area contributed by atoms with E-state index < -0.39 is 6.10 Å². The molecule has 1 amide bonds. The van der Waals surface area contributed by atoms with Gasteiger partial charge in [-0.15, -0.1) is 0 Å². The first-order valence-electron chi connectivity index (χ1n) is 11.6. The van der Waals surface area contributed by atoms with Gasteiger partial charge in [-0.05, 0) is 37.5 Å². The molecule has 32 heavy (non-hydrogen) atoms. The van der Waals surface area contributed by atoms with Crippen molar-refractivity contribution in [3.05, 3.63) is 42.5 Å². The molecule has 172 valence electrons. The molecule has 0 fully saturated rings. The van der Waals surface area contributed by atoms with Crippen molar-refractivity contribution in [2.24, 2.45) is 0 Å². The van der Waals surface area contributed by atoms with Crippen LogP contribution in [0.1, 0.15) is 70.5 Å². The molecule has 3 aromatic rings. The lowest BCUT2D eigenvalue weighted by Crippen LogP contribution is -2.24. The molecular weight excluding hydrogens is 404 g/mol. The molecule has 1 aromatic carbocycles.